The van der Waals surface area contributed by atoms with E-state index in [0.29, 0.717) is 44.4 Å². The van der Waals surface area contributed by atoms with Crippen LogP contribution in [-0.2, 0) is 23.7 Å². The van der Waals surface area contributed by atoms with Gasteiger partial charge in [-0.25, -0.2) is 4.79 Å². The van der Waals surface area contributed by atoms with Gasteiger partial charge in [0.2, 0.25) is 0 Å². The Bertz CT molecular complexity index is 261. The van der Waals surface area contributed by atoms with Gasteiger partial charge in [0.15, 0.2) is 0 Å². The van der Waals surface area contributed by atoms with E-state index in [1.807, 2.05) is 0 Å². The Balaban J connectivity index is 3.57. The van der Waals surface area contributed by atoms with Crippen LogP contribution < -0.4 is 0 Å². The highest BCUT2D eigenvalue weighted by Gasteiger charge is 2.08. The molecule has 0 aromatic rings. The number of aliphatic hydroxyl groups is 1. The van der Waals surface area contributed by atoms with Crippen molar-refractivity contribution in [2.45, 2.75) is 13.8 Å². The Labute approximate surface area is 107 Å². The molecule has 0 bridgehead atoms. The fourth-order valence-corrected chi connectivity index (χ4v) is 1.05. The molecule has 0 aliphatic rings. The Morgan fingerprint density at radius 1 is 1.00 bits per heavy atom. The van der Waals surface area contributed by atoms with Gasteiger partial charge in [-0.3, -0.25) is 0 Å². The highest BCUT2D eigenvalue weighted by Crippen LogP contribution is 2.06. The van der Waals surface area contributed by atoms with E-state index in [9.17, 15) is 4.79 Å². The van der Waals surface area contributed by atoms with Gasteiger partial charge in [0.1, 0.15) is 12.4 Å². The largest absolute Gasteiger partial charge is 0.495 e. The minimum absolute atomic E-state index is 0.0138. The third-order valence-corrected chi connectivity index (χ3v) is 2.17. The number of methoxy groups -OCH3 is 1. The van der Waals surface area contributed by atoms with Crippen LogP contribution in [0.25, 0.3) is 0 Å². The summed E-state index contributed by atoms with van der Waals surface area (Å²) in [6.07, 6.45) is 0. The van der Waals surface area contributed by atoms with E-state index >= 15 is 0 Å². The zero-order chi connectivity index (χ0) is 13.8. The molecule has 1 N–H and O–H groups in total. The van der Waals surface area contributed by atoms with Crippen molar-refractivity contribution >= 4 is 5.97 Å². The molecule has 0 fully saturated rings. The summed E-state index contributed by atoms with van der Waals surface area (Å²) in [4.78, 5) is 11.2. The Hall–Kier alpha value is -1.11. The van der Waals surface area contributed by atoms with Crippen molar-refractivity contribution in [2.24, 2.45) is 0 Å². The van der Waals surface area contributed by atoms with Crippen LogP contribution in [0.1, 0.15) is 13.8 Å². The third kappa shape index (κ3) is 8.05. The van der Waals surface area contributed by atoms with Crippen LogP contribution in [0.5, 0.6) is 0 Å². The van der Waals surface area contributed by atoms with Gasteiger partial charge in [-0.1, -0.05) is 0 Å². The second-order valence-electron chi connectivity index (χ2n) is 3.47. The van der Waals surface area contributed by atoms with Gasteiger partial charge in [-0.15, -0.1) is 0 Å². The molecule has 18 heavy (non-hydrogen) atoms. The van der Waals surface area contributed by atoms with Crippen LogP contribution in [0, 0.1) is 0 Å². The predicted molar refractivity (Wildman–Crippen MR) is 65.1 cm³/mol. The molecular weight excluding hydrogens is 240 g/mol. The summed E-state index contributed by atoms with van der Waals surface area (Å²) < 4.78 is 20.1. The standard InChI is InChI=1S/C12H22O6/c1-10(12(14)15-3)11(2)18-9-8-17-7-6-16-5-4-13/h13H,4-9H2,1-3H3. The van der Waals surface area contributed by atoms with Crippen molar-refractivity contribution in [2.75, 3.05) is 46.8 Å². The van der Waals surface area contributed by atoms with E-state index in [-0.39, 0.29) is 6.61 Å². The van der Waals surface area contributed by atoms with E-state index in [1.54, 1.807) is 13.8 Å². The summed E-state index contributed by atoms with van der Waals surface area (Å²) in [5, 5.41) is 8.46. The first-order valence-corrected chi connectivity index (χ1v) is 5.78. The van der Waals surface area contributed by atoms with Crippen molar-refractivity contribution < 1.29 is 28.8 Å². The third-order valence-electron chi connectivity index (χ3n) is 2.17. The number of carbonyl (C=O) groups excluding carboxylic acids is 1. The Morgan fingerprint density at radius 3 is 2.11 bits per heavy atom. The monoisotopic (exact) mass is 262 g/mol. The van der Waals surface area contributed by atoms with Crippen LogP contribution in [-0.4, -0.2) is 57.8 Å². The molecule has 0 aromatic carbocycles. The molecule has 106 valence electrons. The van der Waals surface area contributed by atoms with E-state index in [2.05, 4.69) is 4.74 Å². The van der Waals surface area contributed by atoms with Crippen molar-refractivity contribution in [1.29, 1.82) is 0 Å². The maximum absolute atomic E-state index is 11.2. The van der Waals surface area contributed by atoms with Gasteiger partial charge in [0.05, 0.1) is 45.7 Å². The lowest BCUT2D eigenvalue weighted by molar-refractivity contribution is -0.136. The van der Waals surface area contributed by atoms with Crippen molar-refractivity contribution in [3.8, 4) is 0 Å². The second-order valence-corrected chi connectivity index (χ2v) is 3.47. The van der Waals surface area contributed by atoms with E-state index in [1.165, 1.54) is 7.11 Å². The number of aliphatic hydroxyl groups excluding tert-OH is 1. The number of hydrogen-bond acceptors (Lipinski definition) is 6. The molecule has 0 heterocycles. The maximum Gasteiger partial charge on any atom is 0.336 e. The smallest absolute Gasteiger partial charge is 0.336 e. The van der Waals surface area contributed by atoms with Crippen molar-refractivity contribution in [1.82, 2.24) is 0 Å². The lowest BCUT2D eigenvalue weighted by Crippen LogP contribution is -2.11. The van der Waals surface area contributed by atoms with Crippen LogP contribution in [0.15, 0.2) is 11.3 Å². The number of rotatable bonds is 10. The van der Waals surface area contributed by atoms with Gasteiger partial charge in [0.25, 0.3) is 0 Å². The molecule has 0 aliphatic carbocycles. The SMILES string of the molecule is COC(=O)C(C)=C(C)OCCOCCOCCO. The van der Waals surface area contributed by atoms with Crippen LogP contribution in [0.2, 0.25) is 0 Å². The zero-order valence-corrected chi connectivity index (χ0v) is 11.2. The van der Waals surface area contributed by atoms with Gasteiger partial charge in [-0.05, 0) is 13.8 Å². The molecule has 0 aromatic heterocycles. The van der Waals surface area contributed by atoms with Gasteiger partial charge in [-0.2, -0.15) is 0 Å². The van der Waals surface area contributed by atoms with E-state index in [0.717, 1.165) is 0 Å². The summed E-state index contributed by atoms with van der Waals surface area (Å²) in [6, 6.07) is 0. The minimum Gasteiger partial charge on any atom is -0.495 e. The highest BCUT2D eigenvalue weighted by atomic mass is 16.5. The molecule has 0 atom stereocenters. The predicted octanol–water partition coefficient (Wildman–Crippen LogP) is 0.495. The van der Waals surface area contributed by atoms with Crippen molar-refractivity contribution in [3.63, 3.8) is 0 Å². The molecule has 0 unspecified atom stereocenters. The Morgan fingerprint density at radius 2 is 1.56 bits per heavy atom. The van der Waals surface area contributed by atoms with Gasteiger partial charge < -0.3 is 24.1 Å². The van der Waals surface area contributed by atoms with E-state index in [4.69, 9.17) is 19.3 Å². The molecule has 6 nitrogen and oxygen atoms in total. The van der Waals surface area contributed by atoms with Gasteiger partial charge in [0, 0.05) is 0 Å². The lowest BCUT2D eigenvalue weighted by Gasteiger charge is -2.09. The zero-order valence-electron chi connectivity index (χ0n) is 11.2. The molecule has 0 amide bonds. The fourth-order valence-electron chi connectivity index (χ4n) is 1.05. The number of carbonyl (C=O) groups is 1. The molecular formula is C12H22O6. The normalized spacial score (nSPS) is 12.0. The average molecular weight is 262 g/mol. The Kier molecular flexibility index (Phi) is 10.3. The fraction of sp³-hybridized carbons (Fsp3) is 0.750. The molecule has 0 rings (SSSR count). The summed E-state index contributed by atoms with van der Waals surface area (Å²) in [7, 11) is 1.33. The minimum atomic E-state index is -0.397. The van der Waals surface area contributed by atoms with Crippen LogP contribution in [0.4, 0.5) is 0 Å². The molecule has 0 spiro atoms. The van der Waals surface area contributed by atoms with Crippen molar-refractivity contribution in [3.05, 3.63) is 11.3 Å². The summed E-state index contributed by atoms with van der Waals surface area (Å²) >= 11 is 0. The summed E-state index contributed by atoms with van der Waals surface area (Å²) in [5.74, 6) is 0.132. The number of esters is 1. The van der Waals surface area contributed by atoms with Gasteiger partial charge >= 0.3 is 5.97 Å². The number of hydrogen-bond donors (Lipinski definition) is 1. The first kappa shape index (κ1) is 16.9. The number of ether oxygens (including phenoxy) is 4. The van der Waals surface area contributed by atoms with Crippen LogP contribution >= 0.6 is 0 Å². The number of allylic oxidation sites excluding steroid dienone is 1. The molecule has 0 saturated heterocycles. The highest BCUT2D eigenvalue weighted by molar-refractivity contribution is 5.88. The molecule has 6 heteroatoms. The summed E-state index contributed by atoms with van der Waals surface area (Å²) in [6.45, 7) is 5.34. The molecule has 0 radical (unpaired) electrons. The first-order chi connectivity index (χ1) is 8.63. The second kappa shape index (κ2) is 11.0. The van der Waals surface area contributed by atoms with E-state index < -0.39 is 5.97 Å². The molecule has 0 aliphatic heterocycles. The summed E-state index contributed by atoms with van der Waals surface area (Å²) in [5.41, 5.74) is 0.448. The van der Waals surface area contributed by atoms with Crippen LogP contribution in [0.3, 0.4) is 0 Å². The average Bonchev–Trinajstić information content (AvgIpc) is 2.39. The quantitative estimate of drug-likeness (QED) is 0.267. The topological polar surface area (TPSA) is 74.2 Å². The molecule has 0 saturated carbocycles. The maximum atomic E-state index is 11.2. The first-order valence-electron chi connectivity index (χ1n) is 5.78. The lowest BCUT2D eigenvalue weighted by atomic mass is 10.3.